The van der Waals surface area contributed by atoms with E-state index >= 15 is 0 Å². The summed E-state index contributed by atoms with van der Waals surface area (Å²) in [6, 6.07) is 9.50. The smallest absolute Gasteiger partial charge is 0.337 e. The van der Waals surface area contributed by atoms with E-state index in [1.54, 1.807) is 19.1 Å². The lowest BCUT2D eigenvalue weighted by Crippen LogP contribution is -2.18. The van der Waals surface area contributed by atoms with Crippen LogP contribution >= 0.6 is 34.8 Å². The van der Waals surface area contributed by atoms with Crippen molar-refractivity contribution < 1.29 is 32.2 Å². The third kappa shape index (κ3) is 6.22. The third-order valence-electron chi connectivity index (χ3n) is 5.18. The molecule has 196 valence electrons. The number of carbonyl (C=O) groups excluding carboxylic acids is 2. The number of hydrogen-bond donors (Lipinski definition) is 2. The SMILES string of the molecule is COC(=O)c1ccc(C)c(NC(=O)c2cc(S(=O)(=O)Nc3cc(Cl)c(OC)cc3OC)c(Cl)cc2Cl)c1. The highest BCUT2D eigenvalue weighted by Gasteiger charge is 2.25. The van der Waals surface area contributed by atoms with Crippen molar-refractivity contribution in [2.75, 3.05) is 31.4 Å². The van der Waals surface area contributed by atoms with Crippen molar-refractivity contribution >= 4 is 68.1 Å². The predicted octanol–water partition coefficient (Wildman–Crippen LogP) is 5.81. The van der Waals surface area contributed by atoms with Gasteiger partial charge in [-0.25, -0.2) is 13.2 Å². The zero-order chi connectivity index (χ0) is 27.5. The molecule has 0 aliphatic heterocycles. The number of halogens is 3. The molecule has 0 unspecified atom stereocenters. The molecule has 0 aliphatic carbocycles. The summed E-state index contributed by atoms with van der Waals surface area (Å²) in [4.78, 5) is 24.5. The molecule has 37 heavy (non-hydrogen) atoms. The first-order valence-corrected chi connectivity index (χ1v) is 13.0. The Labute approximate surface area is 228 Å². The van der Waals surface area contributed by atoms with E-state index in [0.29, 0.717) is 11.3 Å². The lowest BCUT2D eigenvalue weighted by molar-refractivity contribution is 0.0600. The number of rotatable bonds is 8. The second kappa shape index (κ2) is 11.5. The van der Waals surface area contributed by atoms with Crippen LogP contribution in [0.3, 0.4) is 0 Å². The van der Waals surface area contributed by atoms with Crippen LogP contribution in [0.2, 0.25) is 15.1 Å². The molecule has 3 aromatic carbocycles. The highest BCUT2D eigenvalue weighted by molar-refractivity contribution is 7.92. The molecule has 3 rings (SSSR count). The van der Waals surface area contributed by atoms with Crippen molar-refractivity contribution in [3.8, 4) is 11.5 Å². The number of sulfonamides is 1. The molecule has 0 radical (unpaired) electrons. The van der Waals surface area contributed by atoms with Gasteiger partial charge in [-0.05, 0) is 42.8 Å². The van der Waals surface area contributed by atoms with Gasteiger partial charge in [0.2, 0.25) is 0 Å². The number of esters is 1. The minimum atomic E-state index is -4.35. The fraction of sp³-hybridized carbons (Fsp3) is 0.167. The van der Waals surface area contributed by atoms with Gasteiger partial charge in [0.05, 0.1) is 53.2 Å². The van der Waals surface area contributed by atoms with Crippen LogP contribution in [-0.2, 0) is 14.8 Å². The maximum Gasteiger partial charge on any atom is 0.337 e. The van der Waals surface area contributed by atoms with Gasteiger partial charge < -0.3 is 19.5 Å². The number of amides is 1. The second-order valence-electron chi connectivity index (χ2n) is 7.53. The van der Waals surface area contributed by atoms with Crippen LogP contribution in [0.4, 0.5) is 11.4 Å². The van der Waals surface area contributed by atoms with E-state index in [-0.39, 0.29) is 43.4 Å². The molecule has 0 heterocycles. The number of anilines is 2. The van der Waals surface area contributed by atoms with Crippen molar-refractivity contribution in [3.05, 3.63) is 74.2 Å². The van der Waals surface area contributed by atoms with Crippen LogP contribution in [-0.4, -0.2) is 41.6 Å². The fourth-order valence-corrected chi connectivity index (χ4v) is 5.40. The number of carbonyl (C=O) groups is 2. The van der Waals surface area contributed by atoms with Gasteiger partial charge in [-0.1, -0.05) is 40.9 Å². The Morgan fingerprint density at radius 3 is 2.11 bits per heavy atom. The molecule has 0 saturated heterocycles. The molecule has 13 heteroatoms. The molecular formula is C24H21Cl3N2O7S. The van der Waals surface area contributed by atoms with E-state index in [4.69, 9.17) is 49.0 Å². The van der Waals surface area contributed by atoms with Crippen LogP contribution in [0.25, 0.3) is 0 Å². The second-order valence-corrected chi connectivity index (χ2v) is 10.4. The molecular weight excluding hydrogens is 567 g/mol. The van der Waals surface area contributed by atoms with Gasteiger partial charge in [0.1, 0.15) is 16.4 Å². The lowest BCUT2D eigenvalue weighted by Gasteiger charge is -2.16. The van der Waals surface area contributed by atoms with Gasteiger partial charge >= 0.3 is 5.97 Å². The van der Waals surface area contributed by atoms with Crippen molar-refractivity contribution in [1.29, 1.82) is 0 Å². The molecule has 2 N–H and O–H groups in total. The van der Waals surface area contributed by atoms with Gasteiger partial charge in [0.15, 0.2) is 0 Å². The Kier molecular flexibility index (Phi) is 8.80. The standard InChI is InChI=1S/C24H21Cl3N2O7S/c1-12-5-6-13(24(31)36-4)7-18(12)28-23(30)14-8-22(17(27)9-15(14)25)37(32,33)29-19-10-16(26)20(34-2)11-21(19)35-3/h5-11,29H,1-4H3,(H,28,30). The Balaban J connectivity index is 1.99. The third-order valence-corrected chi connectivity index (χ3v) is 7.62. The van der Waals surface area contributed by atoms with Gasteiger partial charge in [-0.15, -0.1) is 0 Å². The van der Waals surface area contributed by atoms with E-state index in [2.05, 4.69) is 10.0 Å². The number of methoxy groups -OCH3 is 3. The molecule has 0 aromatic heterocycles. The van der Waals surface area contributed by atoms with Crippen molar-refractivity contribution in [2.45, 2.75) is 11.8 Å². The zero-order valence-electron chi connectivity index (χ0n) is 19.9. The van der Waals surface area contributed by atoms with Gasteiger partial charge in [-0.3, -0.25) is 9.52 Å². The molecule has 0 fully saturated rings. The monoisotopic (exact) mass is 586 g/mol. The Morgan fingerprint density at radius 2 is 1.49 bits per heavy atom. The molecule has 0 bridgehead atoms. The van der Waals surface area contributed by atoms with E-state index < -0.39 is 26.8 Å². The largest absolute Gasteiger partial charge is 0.495 e. The minimum absolute atomic E-state index is 0.0144. The van der Waals surface area contributed by atoms with E-state index in [1.165, 1.54) is 39.5 Å². The number of benzene rings is 3. The molecule has 1 amide bonds. The summed E-state index contributed by atoms with van der Waals surface area (Å²) in [5.74, 6) is -0.910. The molecule has 9 nitrogen and oxygen atoms in total. The minimum Gasteiger partial charge on any atom is -0.495 e. The topological polar surface area (TPSA) is 120 Å². The van der Waals surface area contributed by atoms with Crippen molar-refractivity contribution in [1.82, 2.24) is 0 Å². The van der Waals surface area contributed by atoms with Crippen LogP contribution in [0.15, 0.2) is 47.4 Å². The summed E-state index contributed by atoms with van der Waals surface area (Å²) in [5.41, 5.74) is 1.00. The summed E-state index contributed by atoms with van der Waals surface area (Å²) < 4.78 is 43.9. The highest BCUT2D eigenvalue weighted by atomic mass is 35.5. The van der Waals surface area contributed by atoms with Crippen LogP contribution in [0, 0.1) is 6.92 Å². The number of ether oxygens (including phenoxy) is 3. The summed E-state index contributed by atoms with van der Waals surface area (Å²) in [7, 11) is -0.371. The Hall–Kier alpha value is -3.18. The quantitative estimate of drug-likeness (QED) is 0.319. The first kappa shape index (κ1) is 28.4. The fourth-order valence-electron chi connectivity index (χ4n) is 3.24. The van der Waals surface area contributed by atoms with Crippen molar-refractivity contribution in [3.63, 3.8) is 0 Å². The predicted molar refractivity (Wildman–Crippen MR) is 142 cm³/mol. The maximum atomic E-state index is 13.3. The average molecular weight is 588 g/mol. The number of nitrogens with one attached hydrogen (secondary N) is 2. The Bertz CT molecular complexity index is 1490. The summed E-state index contributed by atoms with van der Waals surface area (Å²) in [6.45, 7) is 1.72. The van der Waals surface area contributed by atoms with Gasteiger partial charge in [0, 0.05) is 11.8 Å². The molecule has 0 saturated carbocycles. The van der Waals surface area contributed by atoms with Gasteiger partial charge in [0.25, 0.3) is 15.9 Å². The van der Waals surface area contributed by atoms with Crippen LogP contribution < -0.4 is 19.5 Å². The van der Waals surface area contributed by atoms with E-state index in [9.17, 15) is 18.0 Å². The van der Waals surface area contributed by atoms with Crippen LogP contribution in [0.1, 0.15) is 26.3 Å². The maximum absolute atomic E-state index is 13.3. The van der Waals surface area contributed by atoms with Crippen molar-refractivity contribution in [2.24, 2.45) is 0 Å². The first-order chi connectivity index (χ1) is 17.4. The van der Waals surface area contributed by atoms with E-state index in [1.807, 2.05) is 0 Å². The van der Waals surface area contributed by atoms with Crippen LogP contribution in [0.5, 0.6) is 11.5 Å². The molecule has 0 aliphatic rings. The summed E-state index contributed by atoms with van der Waals surface area (Å²) in [5, 5.41) is 2.45. The Morgan fingerprint density at radius 1 is 0.811 bits per heavy atom. The first-order valence-electron chi connectivity index (χ1n) is 10.4. The molecule has 0 spiro atoms. The summed E-state index contributed by atoms with van der Waals surface area (Å²) >= 11 is 18.6. The van der Waals surface area contributed by atoms with Gasteiger partial charge in [-0.2, -0.15) is 0 Å². The lowest BCUT2D eigenvalue weighted by atomic mass is 10.1. The number of aryl methyl sites for hydroxylation is 1. The average Bonchev–Trinajstić information content (AvgIpc) is 2.84. The molecule has 0 atom stereocenters. The van der Waals surface area contributed by atoms with E-state index in [0.717, 1.165) is 12.1 Å². The summed E-state index contributed by atoms with van der Waals surface area (Å²) in [6.07, 6.45) is 0. The number of hydrogen-bond acceptors (Lipinski definition) is 7. The molecule has 3 aromatic rings. The zero-order valence-corrected chi connectivity index (χ0v) is 23.0. The highest BCUT2D eigenvalue weighted by Crippen LogP contribution is 2.38. The normalized spacial score (nSPS) is 11.0.